The number of hydrogen-bond acceptors (Lipinski definition) is 4. The summed E-state index contributed by atoms with van der Waals surface area (Å²) in [4.78, 5) is 24.6. The van der Waals surface area contributed by atoms with Crippen LogP contribution in [0.4, 0.5) is 0 Å². The predicted molar refractivity (Wildman–Crippen MR) is 112 cm³/mol. The molecule has 4 aliphatic carbocycles. The third kappa shape index (κ3) is 2.74. The lowest BCUT2D eigenvalue weighted by Gasteiger charge is -2.54. The van der Waals surface area contributed by atoms with E-state index >= 15 is 0 Å². The van der Waals surface area contributed by atoms with Crippen molar-refractivity contribution in [2.24, 2.45) is 34.0 Å². The Kier molecular flexibility index (Phi) is 4.73. The van der Waals surface area contributed by atoms with Gasteiger partial charge in [-0.1, -0.05) is 56.2 Å². The zero-order chi connectivity index (χ0) is 21.2. The van der Waals surface area contributed by atoms with Gasteiger partial charge in [0.1, 0.15) is 0 Å². The van der Waals surface area contributed by atoms with Gasteiger partial charge in [0.15, 0.2) is 12.4 Å². The molecule has 0 bridgehead atoms. The summed E-state index contributed by atoms with van der Waals surface area (Å²) in [5, 5.41) is 10.0. The largest absolute Gasteiger partial charge is 0.458 e. The average Bonchev–Trinajstić information content (AvgIpc) is 2.88. The zero-order valence-electron chi connectivity index (χ0n) is 18.3. The van der Waals surface area contributed by atoms with E-state index in [0.29, 0.717) is 11.8 Å². The number of ether oxygens (including phenoxy) is 1. The van der Waals surface area contributed by atoms with Crippen LogP contribution in [0.1, 0.15) is 60.3 Å². The Morgan fingerprint density at radius 2 is 2.00 bits per heavy atom. The first-order valence-corrected chi connectivity index (χ1v) is 11.0. The lowest BCUT2D eigenvalue weighted by atomic mass is 9.49. The molecule has 158 valence electrons. The van der Waals surface area contributed by atoms with E-state index in [0.717, 1.165) is 25.7 Å². The second-order valence-corrected chi connectivity index (χ2v) is 10.3. The molecule has 4 nitrogen and oxygen atoms in total. The third-order valence-electron chi connectivity index (χ3n) is 9.20. The maximum atomic E-state index is 13.3. The summed E-state index contributed by atoms with van der Waals surface area (Å²) in [5.41, 5.74) is 2.08. The van der Waals surface area contributed by atoms with E-state index in [1.54, 1.807) is 0 Å². The van der Waals surface area contributed by atoms with Crippen molar-refractivity contribution in [3.63, 3.8) is 0 Å². The fraction of sp³-hybridized carbons (Fsp3) is 0.680. The molecule has 7 atom stereocenters. The van der Waals surface area contributed by atoms with Crippen LogP contribution in [0.5, 0.6) is 0 Å². The van der Waals surface area contributed by atoms with Gasteiger partial charge in [-0.3, -0.25) is 9.59 Å². The summed E-state index contributed by atoms with van der Waals surface area (Å²) in [5.74, 6) is 0.821. The van der Waals surface area contributed by atoms with Gasteiger partial charge in [0.2, 0.25) is 0 Å². The number of aliphatic hydroxyl groups excluding tert-OH is 1. The zero-order valence-corrected chi connectivity index (χ0v) is 18.3. The van der Waals surface area contributed by atoms with E-state index in [1.165, 1.54) is 18.1 Å². The Bertz CT molecular complexity index is 836. The maximum Gasteiger partial charge on any atom is 0.303 e. The molecule has 4 rings (SSSR count). The minimum Gasteiger partial charge on any atom is -0.458 e. The minimum absolute atomic E-state index is 0.0605. The minimum atomic E-state index is -0.495. The first kappa shape index (κ1) is 20.6. The van der Waals surface area contributed by atoms with Crippen LogP contribution in [0.2, 0.25) is 0 Å². The molecule has 0 aromatic rings. The standard InChI is InChI=1S/C25H34O4/c1-15-12-21-19-7-6-17-13-18(27)8-10-23(17,3)20(19)9-11-24(21,4)25(15,5)22(28)14-29-16(2)26/h8-10,13,15,18-19,21,27H,6-7,11-12,14H2,1-5H3/t15-,18?,19?,21?,23+,24+,25-/m1/s1. The fourth-order valence-electron chi connectivity index (χ4n) is 7.12. The molecule has 1 N–H and O–H groups in total. The molecule has 0 aromatic carbocycles. The molecule has 4 heteroatoms. The maximum absolute atomic E-state index is 13.3. The second kappa shape index (κ2) is 6.66. The second-order valence-electron chi connectivity index (χ2n) is 10.3. The van der Waals surface area contributed by atoms with Crippen molar-refractivity contribution >= 4 is 11.8 Å². The van der Waals surface area contributed by atoms with Crippen molar-refractivity contribution in [1.82, 2.24) is 0 Å². The highest BCUT2D eigenvalue weighted by atomic mass is 16.5. The molecule has 3 unspecified atom stereocenters. The van der Waals surface area contributed by atoms with Crippen LogP contribution in [0.3, 0.4) is 0 Å². The van der Waals surface area contributed by atoms with Crippen LogP contribution in [0.25, 0.3) is 0 Å². The number of esters is 1. The monoisotopic (exact) mass is 398 g/mol. The third-order valence-corrected chi connectivity index (χ3v) is 9.20. The van der Waals surface area contributed by atoms with Gasteiger partial charge < -0.3 is 9.84 Å². The molecule has 0 aromatic heterocycles. The Balaban J connectivity index is 1.70. The summed E-state index contributed by atoms with van der Waals surface area (Å²) in [6, 6.07) is 0. The Labute approximate surface area is 174 Å². The fourth-order valence-corrected chi connectivity index (χ4v) is 7.12. The molecule has 0 amide bonds. The van der Waals surface area contributed by atoms with E-state index in [-0.39, 0.29) is 29.1 Å². The average molecular weight is 399 g/mol. The number of ketones is 1. The van der Waals surface area contributed by atoms with Gasteiger partial charge in [-0.05, 0) is 55.8 Å². The first-order valence-electron chi connectivity index (χ1n) is 11.0. The van der Waals surface area contributed by atoms with Gasteiger partial charge in [-0.2, -0.15) is 0 Å². The van der Waals surface area contributed by atoms with Crippen molar-refractivity contribution in [2.75, 3.05) is 6.61 Å². The lowest BCUT2D eigenvalue weighted by Crippen LogP contribution is -2.51. The molecule has 0 radical (unpaired) electrons. The van der Waals surface area contributed by atoms with Crippen molar-refractivity contribution in [1.29, 1.82) is 0 Å². The summed E-state index contributed by atoms with van der Waals surface area (Å²) in [6.07, 6.45) is 12.0. The van der Waals surface area contributed by atoms with Crippen LogP contribution >= 0.6 is 0 Å². The molecule has 0 saturated heterocycles. The number of aliphatic hydroxyl groups is 1. The number of carbonyl (C=O) groups excluding carboxylic acids is 2. The quantitative estimate of drug-likeness (QED) is 0.566. The Hall–Kier alpha value is -1.68. The van der Waals surface area contributed by atoms with Crippen LogP contribution in [0.15, 0.2) is 35.5 Å². The topological polar surface area (TPSA) is 63.6 Å². The molecule has 2 fully saturated rings. The first-order chi connectivity index (χ1) is 13.5. The molecule has 0 aliphatic heterocycles. The lowest BCUT2D eigenvalue weighted by molar-refractivity contribution is -0.153. The molecule has 2 saturated carbocycles. The SMILES string of the molecule is CC(=O)OCC(=O)[C@@]1(C)[C@H](C)CC2C3CCC4=CC(O)C=C[C@]4(C)C3=CC[C@@]21C. The highest BCUT2D eigenvalue weighted by Crippen LogP contribution is 2.69. The molecular formula is C25H34O4. The van der Waals surface area contributed by atoms with E-state index in [1.807, 2.05) is 12.2 Å². The number of rotatable bonds is 3. The van der Waals surface area contributed by atoms with Crippen LogP contribution in [-0.2, 0) is 14.3 Å². The predicted octanol–water partition coefficient (Wildman–Crippen LogP) is 4.39. The summed E-state index contributed by atoms with van der Waals surface area (Å²) < 4.78 is 5.11. The van der Waals surface area contributed by atoms with Crippen LogP contribution < -0.4 is 0 Å². The number of Topliss-reactive ketones (excluding diaryl/α,β-unsaturated/α-hetero) is 1. The Morgan fingerprint density at radius 3 is 2.69 bits per heavy atom. The molecule has 29 heavy (non-hydrogen) atoms. The van der Waals surface area contributed by atoms with E-state index in [2.05, 4.69) is 39.8 Å². The van der Waals surface area contributed by atoms with E-state index in [9.17, 15) is 14.7 Å². The van der Waals surface area contributed by atoms with Gasteiger partial charge >= 0.3 is 5.97 Å². The summed E-state index contributed by atoms with van der Waals surface area (Å²) in [6.45, 7) is 10.1. The molecule has 0 heterocycles. The van der Waals surface area contributed by atoms with Crippen molar-refractivity contribution in [2.45, 2.75) is 66.4 Å². The molecule has 0 spiro atoms. The normalized spacial score (nSPS) is 45.4. The number of allylic oxidation sites excluding steroid dienone is 4. The van der Waals surface area contributed by atoms with Crippen molar-refractivity contribution in [3.8, 4) is 0 Å². The van der Waals surface area contributed by atoms with Gasteiger partial charge in [-0.25, -0.2) is 0 Å². The summed E-state index contributed by atoms with van der Waals surface area (Å²) >= 11 is 0. The molecular weight excluding hydrogens is 364 g/mol. The van der Waals surface area contributed by atoms with Crippen molar-refractivity contribution in [3.05, 3.63) is 35.5 Å². The van der Waals surface area contributed by atoms with E-state index in [4.69, 9.17) is 4.74 Å². The van der Waals surface area contributed by atoms with Crippen molar-refractivity contribution < 1.29 is 19.4 Å². The highest BCUT2D eigenvalue weighted by Gasteiger charge is 2.65. The summed E-state index contributed by atoms with van der Waals surface area (Å²) in [7, 11) is 0. The number of fused-ring (bicyclic) bond motifs is 5. The molecule has 4 aliphatic rings. The van der Waals surface area contributed by atoms with Gasteiger partial charge in [0, 0.05) is 17.8 Å². The van der Waals surface area contributed by atoms with Crippen LogP contribution in [-0.4, -0.2) is 29.6 Å². The van der Waals surface area contributed by atoms with Gasteiger partial charge in [-0.15, -0.1) is 0 Å². The number of carbonyl (C=O) groups is 2. The Morgan fingerprint density at radius 1 is 1.28 bits per heavy atom. The van der Waals surface area contributed by atoms with Crippen LogP contribution in [0, 0.1) is 34.0 Å². The smallest absolute Gasteiger partial charge is 0.303 e. The van der Waals surface area contributed by atoms with E-state index < -0.39 is 17.5 Å². The highest BCUT2D eigenvalue weighted by molar-refractivity contribution is 5.88. The number of hydrogen-bond donors (Lipinski definition) is 1. The van der Waals surface area contributed by atoms with Gasteiger partial charge in [0.05, 0.1) is 6.10 Å². The van der Waals surface area contributed by atoms with Gasteiger partial charge in [0.25, 0.3) is 0 Å².